The summed E-state index contributed by atoms with van der Waals surface area (Å²) in [5.41, 5.74) is 0. The molecule has 0 aliphatic heterocycles. The van der Waals surface area contributed by atoms with Crippen LogP contribution < -0.4 is 9.31 Å². The van der Waals surface area contributed by atoms with Gasteiger partial charge in [0.05, 0.1) is 0 Å². The third-order valence-corrected chi connectivity index (χ3v) is 2.83. The van der Waals surface area contributed by atoms with Gasteiger partial charge in [0.1, 0.15) is 0 Å². The molecular formula is C8H6BO2S2. The van der Waals surface area contributed by atoms with E-state index < -0.39 is 0 Å². The van der Waals surface area contributed by atoms with Crippen LogP contribution >= 0.6 is 22.7 Å². The average molecular weight is 209 g/mol. The maximum Gasteiger partial charge on any atom is 0.659 e. The highest BCUT2D eigenvalue weighted by Gasteiger charge is 2.01. The number of rotatable bonds is 4. The smallest absolute Gasteiger partial charge is 0.519 e. The van der Waals surface area contributed by atoms with E-state index in [9.17, 15) is 0 Å². The zero-order valence-electron chi connectivity index (χ0n) is 6.67. The molecule has 13 heavy (non-hydrogen) atoms. The SMILES string of the molecule is [B](Oc1cccs1)Oc1cccs1. The Bertz CT molecular complexity index is 297. The van der Waals surface area contributed by atoms with E-state index >= 15 is 0 Å². The van der Waals surface area contributed by atoms with Gasteiger partial charge >= 0.3 is 7.69 Å². The van der Waals surface area contributed by atoms with Crippen LogP contribution in [0.2, 0.25) is 0 Å². The fraction of sp³-hybridized carbons (Fsp3) is 0. The van der Waals surface area contributed by atoms with Crippen LogP contribution in [0.1, 0.15) is 0 Å². The molecule has 1 radical (unpaired) electrons. The van der Waals surface area contributed by atoms with Crippen LogP contribution in [0.5, 0.6) is 10.1 Å². The maximum atomic E-state index is 5.20. The lowest BCUT2D eigenvalue weighted by molar-refractivity contribution is 0.473. The Hall–Kier alpha value is -0.935. The van der Waals surface area contributed by atoms with Gasteiger partial charge in [0.2, 0.25) is 0 Å². The molecule has 0 aliphatic carbocycles. The van der Waals surface area contributed by atoms with Crippen molar-refractivity contribution >= 4 is 30.4 Å². The number of thiophene rings is 2. The zero-order valence-corrected chi connectivity index (χ0v) is 8.31. The van der Waals surface area contributed by atoms with Gasteiger partial charge in [-0.05, 0) is 35.0 Å². The first-order valence-electron chi connectivity index (χ1n) is 3.67. The Balaban J connectivity index is 1.76. The second-order valence-electron chi connectivity index (χ2n) is 2.20. The summed E-state index contributed by atoms with van der Waals surface area (Å²) in [5, 5.41) is 5.57. The second-order valence-corrected chi connectivity index (χ2v) is 4.02. The standard InChI is InChI=1S/C8H6BO2S2/c1-3-7(12-5-1)10-9-11-8-4-2-6-13-8/h1-6H. The molecule has 65 valence electrons. The summed E-state index contributed by atoms with van der Waals surface area (Å²) in [4.78, 5) is 0. The van der Waals surface area contributed by atoms with Crippen LogP contribution in [-0.2, 0) is 0 Å². The van der Waals surface area contributed by atoms with E-state index in [1.54, 1.807) is 0 Å². The Morgan fingerprint density at radius 2 is 1.46 bits per heavy atom. The van der Waals surface area contributed by atoms with E-state index in [1.807, 2.05) is 35.0 Å². The predicted octanol–water partition coefficient (Wildman–Crippen LogP) is 2.80. The van der Waals surface area contributed by atoms with Crippen molar-refractivity contribution in [3.8, 4) is 10.1 Å². The van der Waals surface area contributed by atoms with Gasteiger partial charge in [-0.3, -0.25) is 0 Å². The van der Waals surface area contributed by atoms with Gasteiger partial charge in [-0.1, -0.05) is 0 Å². The van der Waals surface area contributed by atoms with Crippen LogP contribution in [0.3, 0.4) is 0 Å². The summed E-state index contributed by atoms with van der Waals surface area (Å²) in [5.74, 6) is 0. The highest BCUT2D eigenvalue weighted by molar-refractivity contribution is 7.12. The van der Waals surface area contributed by atoms with Crippen LogP contribution in [0.25, 0.3) is 0 Å². The highest BCUT2D eigenvalue weighted by Crippen LogP contribution is 2.20. The lowest BCUT2D eigenvalue weighted by atomic mass is 10.4. The molecule has 5 heteroatoms. The van der Waals surface area contributed by atoms with E-state index in [2.05, 4.69) is 0 Å². The minimum Gasteiger partial charge on any atom is -0.519 e. The van der Waals surface area contributed by atoms with E-state index in [0.717, 1.165) is 10.1 Å². The second kappa shape index (κ2) is 4.34. The van der Waals surface area contributed by atoms with Gasteiger partial charge in [0, 0.05) is 0 Å². The molecular weight excluding hydrogens is 203 g/mol. The topological polar surface area (TPSA) is 18.5 Å². The van der Waals surface area contributed by atoms with Crippen molar-refractivity contribution in [2.24, 2.45) is 0 Å². The molecule has 0 aliphatic rings. The van der Waals surface area contributed by atoms with E-state index in [1.165, 1.54) is 30.4 Å². The lowest BCUT2D eigenvalue weighted by Gasteiger charge is -2.00. The first kappa shape index (κ1) is 8.65. The Morgan fingerprint density at radius 3 is 1.85 bits per heavy atom. The fourth-order valence-electron chi connectivity index (χ4n) is 0.780. The summed E-state index contributed by atoms with van der Waals surface area (Å²) >= 11 is 3.06. The van der Waals surface area contributed by atoms with Gasteiger partial charge in [-0.25, -0.2) is 0 Å². The van der Waals surface area contributed by atoms with Crippen molar-refractivity contribution in [3.05, 3.63) is 35.0 Å². The van der Waals surface area contributed by atoms with Crippen LogP contribution in [0, 0.1) is 0 Å². The van der Waals surface area contributed by atoms with Crippen LogP contribution in [0.4, 0.5) is 0 Å². The lowest BCUT2D eigenvalue weighted by Crippen LogP contribution is -2.08. The first-order chi connectivity index (χ1) is 6.45. The summed E-state index contributed by atoms with van der Waals surface area (Å²) in [6, 6.07) is 7.63. The summed E-state index contributed by atoms with van der Waals surface area (Å²) in [7, 11) is 1.34. The summed E-state index contributed by atoms with van der Waals surface area (Å²) in [6.45, 7) is 0. The van der Waals surface area contributed by atoms with Gasteiger partial charge in [0.15, 0.2) is 10.1 Å². The molecule has 0 saturated carbocycles. The van der Waals surface area contributed by atoms with Crippen molar-refractivity contribution in [3.63, 3.8) is 0 Å². The molecule has 2 rings (SSSR count). The number of hydrogen-bond acceptors (Lipinski definition) is 4. The van der Waals surface area contributed by atoms with E-state index in [0.29, 0.717) is 0 Å². The zero-order chi connectivity index (χ0) is 8.93. The first-order valence-corrected chi connectivity index (χ1v) is 5.43. The van der Waals surface area contributed by atoms with E-state index in [-0.39, 0.29) is 0 Å². The van der Waals surface area contributed by atoms with Crippen molar-refractivity contribution in [2.75, 3.05) is 0 Å². The van der Waals surface area contributed by atoms with Crippen LogP contribution in [-0.4, -0.2) is 7.69 Å². The Kier molecular flexibility index (Phi) is 2.89. The predicted molar refractivity (Wildman–Crippen MR) is 55.6 cm³/mol. The molecule has 2 heterocycles. The molecule has 0 spiro atoms. The van der Waals surface area contributed by atoms with Crippen molar-refractivity contribution in [2.45, 2.75) is 0 Å². The molecule has 2 nitrogen and oxygen atoms in total. The molecule has 2 aromatic heterocycles. The van der Waals surface area contributed by atoms with Crippen molar-refractivity contribution in [1.82, 2.24) is 0 Å². The monoisotopic (exact) mass is 209 g/mol. The van der Waals surface area contributed by atoms with Gasteiger partial charge in [-0.2, -0.15) is 0 Å². The maximum absolute atomic E-state index is 5.20. The van der Waals surface area contributed by atoms with E-state index in [4.69, 9.17) is 9.31 Å². The minimum absolute atomic E-state index is 0.830. The molecule has 0 N–H and O–H groups in total. The van der Waals surface area contributed by atoms with Crippen molar-refractivity contribution in [1.29, 1.82) is 0 Å². The Labute approximate surface area is 85.1 Å². The molecule has 0 saturated heterocycles. The van der Waals surface area contributed by atoms with Crippen LogP contribution in [0.15, 0.2) is 35.0 Å². The van der Waals surface area contributed by atoms with Crippen molar-refractivity contribution < 1.29 is 9.31 Å². The summed E-state index contributed by atoms with van der Waals surface area (Å²) in [6.07, 6.45) is 0. The Morgan fingerprint density at radius 1 is 0.923 bits per heavy atom. The number of hydrogen-bond donors (Lipinski definition) is 0. The average Bonchev–Trinajstić information content (AvgIpc) is 2.75. The third kappa shape index (κ3) is 2.50. The van der Waals surface area contributed by atoms with Gasteiger partial charge < -0.3 is 9.31 Å². The molecule has 0 atom stereocenters. The molecule has 0 bridgehead atoms. The fourth-order valence-corrected chi connectivity index (χ4v) is 1.87. The normalized spacial score (nSPS) is 9.54. The molecule has 0 unspecified atom stereocenters. The quantitative estimate of drug-likeness (QED) is 0.720. The third-order valence-electron chi connectivity index (χ3n) is 1.32. The minimum atomic E-state index is 0.830. The molecule has 2 aromatic rings. The van der Waals surface area contributed by atoms with Gasteiger partial charge in [0.25, 0.3) is 0 Å². The largest absolute Gasteiger partial charge is 0.659 e. The highest BCUT2D eigenvalue weighted by atomic mass is 32.1. The summed E-state index contributed by atoms with van der Waals surface area (Å²) < 4.78 is 10.4. The molecule has 0 amide bonds. The molecule has 0 aromatic carbocycles. The molecule has 0 fully saturated rings. The van der Waals surface area contributed by atoms with Gasteiger partial charge in [-0.15, -0.1) is 22.7 Å².